The summed E-state index contributed by atoms with van der Waals surface area (Å²) >= 11 is 6.31. The molecule has 2 aromatic rings. The van der Waals surface area contributed by atoms with Gasteiger partial charge in [0.1, 0.15) is 6.04 Å². The van der Waals surface area contributed by atoms with Gasteiger partial charge in [-0.3, -0.25) is 4.79 Å². The lowest BCUT2D eigenvalue weighted by molar-refractivity contribution is -0.905. The van der Waals surface area contributed by atoms with Crippen LogP contribution in [0.4, 0.5) is 5.69 Å². The number of carbonyl (C=O) groups excluding carboxylic acids is 1. The Morgan fingerprint density at radius 1 is 1.28 bits per heavy atom. The summed E-state index contributed by atoms with van der Waals surface area (Å²) in [6.45, 7) is 4.41. The molecule has 2 atom stereocenters. The van der Waals surface area contributed by atoms with Crippen LogP contribution in [0.25, 0.3) is 0 Å². The summed E-state index contributed by atoms with van der Waals surface area (Å²) in [5.41, 5.74) is 5.65. The minimum atomic E-state index is 0.00871. The van der Waals surface area contributed by atoms with Crippen LogP contribution in [0.5, 0.6) is 0 Å². The Bertz CT molecular complexity index is 764. The lowest BCUT2D eigenvalue weighted by Gasteiger charge is -2.30. The number of carbonyl (C=O) groups is 1. The highest BCUT2D eigenvalue weighted by molar-refractivity contribution is 6.34. The molecule has 1 amide bonds. The van der Waals surface area contributed by atoms with E-state index in [9.17, 15) is 4.79 Å². The second-order valence-electron chi connectivity index (χ2n) is 7.15. The van der Waals surface area contributed by atoms with Gasteiger partial charge in [0.05, 0.1) is 17.8 Å². The van der Waals surface area contributed by atoms with Gasteiger partial charge >= 0.3 is 0 Å². The third kappa shape index (κ3) is 4.05. The molecule has 0 radical (unpaired) electrons. The number of likely N-dealkylation sites (N-methyl/N-ethyl adjacent to an activating group) is 1. The Labute approximate surface area is 155 Å². The van der Waals surface area contributed by atoms with Crippen LogP contribution in [0.3, 0.4) is 0 Å². The molecule has 4 heteroatoms. The summed E-state index contributed by atoms with van der Waals surface area (Å²) < 4.78 is 0. The maximum Gasteiger partial charge on any atom is 0.279 e. The number of hydrogen-bond donors (Lipinski definition) is 2. The number of amides is 1. The predicted molar refractivity (Wildman–Crippen MR) is 103 cm³/mol. The maximum absolute atomic E-state index is 12.6. The van der Waals surface area contributed by atoms with Crippen LogP contribution < -0.4 is 10.2 Å². The van der Waals surface area contributed by atoms with Crippen LogP contribution in [0, 0.1) is 13.8 Å². The highest BCUT2D eigenvalue weighted by Gasteiger charge is 2.28. The number of benzene rings is 2. The quantitative estimate of drug-likeness (QED) is 0.862. The van der Waals surface area contributed by atoms with E-state index in [1.807, 2.05) is 26.0 Å². The Kier molecular flexibility index (Phi) is 5.45. The van der Waals surface area contributed by atoms with Crippen LogP contribution in [0.2, 0.25) is 5.02 Å². The molecule has 1 unspecified atom stereocenters. The molecule has 25 heavy (non-hydrogen) atoms. The molecule has 0 aliphatic heterocycles. The van der Waals surface area contributed by atoms with E-state index in [4.69, 9.17) is 11.6 Å². The number of quaternary nitrogens is 1. The molecule has 2 N–H and O–H groups in total. The van der Waals surface area contributed by atoms with E-state index in [1.165, 1.54) is 22.4 Å². The van der Waals surface area contributed by atoms with Gasteiger partial charge in [-0.1, -0.05) is 41.9 Å². The lowest BCUT2D eigenvalue weighted by atomic mass is 9.87. The molecule has 1 aliphatic carbocycles. The van der Waals surface area contributed by atoms with Gasteiger partial charge in [0, 0.05) is 12.0 Å². The normalized spacial score (nSPS) is 17.7. The second-order valence-corrected chi connectivity index (χ2v) is 7.56. The van der Waals surface area contributed by atoms with Crippen LogP contribution >= 0.6 is 11.6 Å². The number of anilines is 1. The summed E-state index contributed by atoms with van der Waals surface area (Å²) in [5, 5.41) is 3.61. The van der Waals surface area contributed by atoms with Crippen LogP contribution in [0.1, 0.15) is 41.1 Å². The summed E-state index contributed by atoms with van der Waals surface area (Å²) in [6.07, 6.45) is 3.45. The van der Waals surface area contributed by atoms with Gasteiger partial charge in [-0.2, -0.15) is 0 Å². The first-order chi connectivity index (χ1) is 12.0. The zero-order valence-electron chi connectivity index (χ0n) is 15.2. The average molecular weight is 358 g/mol. The fourth-order valence-electron chi connectivity index (χ4n) is 3.90. The van der Waals surface area contributed by atoms with E-state index in [-0.39, 0.29) is 5.91 Å². The Morgan fingerprint density at radius 2 is 2.04 bits per heavy atom. The fraction of sp³-hybridized carbons (Fsp3) is 0.381. The molecule has 0 heterocycles. The van der Waals surface area contributed by atoms with E-state index >= 15 is 0 Å². The van der Waals surface area contributed by atoms with E-state index in [0.29, 0.717) is 17.6 Å². The number of nitrogens with one attached hydrogen (secondary N) is 2. The van der Waals surface area contributed by atoms with Crippen LogP contribution in [0.15, 0.2) is 36.4 Å². The molecule has 0 fully saturated rings. The Balaban J connectivity index is 1.70. The molecule has 0 bridgehead atoms. The van der Waals surface area contributed by atoms with Crippen molar-refractivity contribution in [2.24, 2.45) is 0 Å². The number of rotatable bonds is 4. The molecule has 132 valence electrons. The molecule has 3 nitrogen and oxygen atoms in total. The average Bonchev–Trinajstić information content (AvgIpc) is 2.57. The van der Waals surface area contributed by atoms with Gasteiger partial charge in [0.25, 0.3) is 5.91 Å². The smallest absolute Gasteiger partial charge is 0.279 e. The topological polar surface area (TPSA) is 33.5 Å². The van der Waals surface area contributed by atoms with Crippen molar-refractivity contribution in [2.45, 2.75) is 39.2 Å². The summed E-state index contributed by atoms with van der Waals surface area (Å²) in [6, 6.07) is 12.9. The third-order valence-corrected chi connectivity index (χ3v) is 5.40. The molecule has 0 spiro atoms. The summed E-state index contributed by atoms with van der Waals surface area (Å²) in [7, 11) is 2.11. The standard InChI is InChI=1S/C21H25ClN2O/c1-14-11-15(2)21(18(22)12-14)23-20(25)13-24(3)19-10-6-8-16-7-4-5-9-17(16)19/h4-5,7,9,11-12,19H,6,8,10,13H2,1-3H3,(H,23,25)/p+1/t19-/m1/s1. The Hall–Kier alpha value is -1.84. The molecule has 2 aromatic carbocycles. The summed E-state index contributed by atoms with van der Waals surface area (Å²) in [4.78, 5) is 13.8. The largest absolute Gasteiger partial charge is 0.323 e. The van der Waals surface area contributed by atoms with Crippen molar-refractivity contribution >= 4 is 23.2 Å². The first-order valence-electron chi connectivity index (χ1n) is 8.92. The van der Waals surface area contributed by atoms with E-state index in [2.05, 4.69) is 36.6 Å². The maximum atomic E-state index is 12.6. The van der Waals surface area contributed by atoms with Crippen molar-refractivity contribution in [3.8, 4) is 0 Å². The van der Waals surface area contributed by atoms with Crippen LogP contribution in [-0.2, 0) is 11.2 Å². The van der Waals surface area contributed by atoms with E-state index < -0.39 is 0 Å². The van der Waals surface area contributed by atoms with Gasteiger partial charge in [0.15, 0.2) is 6.54 Å². The fourth-order valence-corrected chi connectivity index (χ4v) is 4.27. The predicted octanol–water partition coefficient (Wildman–Crippen LogP) is 3.49. The van der Waals surface area contributed by atoms with Gasteiger partial charge in [0.2, 0.25) is 0 Å². The minimum absolute atomic E-state index is 0.00871. The van der Waals surface area contributed by atoms with Gasteiger partial charge < -0.3 is 10.2 Å². The number of aryl methyl sites for hydroxylation is 3. The minimum Gasteiger partial charge on any atom is -0.323 e. The first-order valence-corrected chi connectivity index (χ1v) is 9.30. The number of fused-ring (bicyclic) bond motifs is 1. The zero-order valence-corrected chi connectivity index (χ0v) is 15.9. The van der Waals surface area contributed by atoms with Crippen LogP contribution in [-0.4, -0.2) is 19.5 Å². The van der Waals surface area contributed by atoms with Crippen molar-refractivity contribution in [3.63, 3.8) is 0 Å². The zero-order chi connectivity index (χ0) is 18.0. The molecule has 1 aliphatic rings. The highest BCUT2D eigenvalue weighted by atomic mass is 35.5. The number of halogens is 1. The molecule has 0 saturated carbocycles. The SMILES string of the molecule is Cc1cc(C)c(NC(=O)C[NH+](C)[C@@H]2CCCc3ccccc32)c(Cl)c1. The van der Waals surface area contributed by atoms with Gasteiger partial charge in [-0.05, 0) is 49.4 Å². The summed E-state index contributed by atoms with van der Waals surface area (Å²) in [5.74, 6) is 0.00871. The third-order valence-electron chi connectivity index (χ3n) is 5.10. The van der Waals surface area contributed by atoms with Crippen molar-refractivity contribution in [1.82, 2.24) is 0 Å². The number of hydrogen-bond acceptors (Lipinski definition) is 1. The van der Waals surface area contributed by atoms with Gasteiger partial charge in [-0.15, -0.1) is 0 Å². The molecule has 0 saturated heterocycles. The first kappa shape index (κ1) is 18.0. The molecular weight excluding hydrogens is 332 g/mol. The lowest BCUT2D eigenvalue weighted by Crippen LogP contribution is -3.10. The van der Waals surface area contributed by atoms with Crippen molar-refractivity contribution in [3.05, 3.63) is 63.7 Å². The molecular formula is C21H26ClN2O+. The van der Waals surface area contributed by atoms with Crippen molar-refractivity contribution < 1.29 is 9.69 Å². The van der Waals surface area contributed by atoms with E-state index in [0.717, 1.165) is 29.7 Å². The van der Waals surface area contributed by atoms with Crippen molar-refractivity contribution in [1.29, 1.82) is 0 Å². The molecule has 0 aromatic heterocycles. The highest BCUT2D eigenvalue weighted by Crippen LogP contribution is 2.28. The monoisotopic (exact) mass is 357 g/mol. The Morgan fingerprint density at radius 3 is 2.80 bits per heavy atom. The molecule has 3 rings (SSSR count). The van der Waals surface area contributed by atoms with Crippen molar-refractivity contribution in [2.75, 3.05) is 18.9 Å². The van der Waals surface area contributed by atoms with Gasteiger partial charge in [-0.25, -0.2) is 0 Å². The second kappa shape index (κ2) is 7.59. The van der Waals surface area contributed by atoms with E-state index in [1.54, 1.807) is 0 Å².